The van der Waals surface area contributed by atoms with Gasteiger partial charge in [-0.25, -0.2) is 13.1 Å². The zero-order valence-electron chi connectivity index (χ0n) is 12.8. The summed E-state index contributed by atoms with van der Waals surface area (Å²) in [6.07, 6.45) is 6.02. The molecule has 0 amide bonds. The third kappa shape index (κ3) is 3.33. The Morgan fingerprint density at radius 3 is 2.62 bits per heavy atom. The standard InChI is InChI=1S/C15H25N3O2S/c1-3-16-9-14-8-15(10-18(14)13-4-5-13)21(19,20)17-12-6-11(2)7-12/h8,10-13,16-17H,3-7,9H2,1-2H3. The molecule has 2 aliphatic carbocycles. The minimum atomic E-state index is -3.37. The number of sulfonamides is 1. The molecule has 0 bridgehead atoms. The van der Waals surface area contributed by atoms with Gasteiger partial charge in [0.05, 0.1) is 4.90 Å². The van der Waals surface area contributed by atoms with Crippen molar-refractivity contribution in [2.45, 2.75) is 63.1 Å². The Morgan fingerprint density at radius 1 is 1.33 bits per heavy atom. The number of hydrogen-bond acceptors (Lipinski definition) is 3. The van der Waals surface area contributed by atoms with E-state index < -0.39 is 10.0 Å². The van der Waals surface area contributed by atoms with Gasteiger partial charge >= 0.3 is 0 Å². The lowest BCUT2D eigenvalue weighted by molar-refractivity contribution is 0.270. The quantitative estimate of drug-likeness (QED) is 0.809. The first-order valence-electron chi connectivity index (χ1n) is 7.93. The van der Waals surface area contributed by atoms with Gasteiger partial charge in [0.1, 0.15) is 0 Å². The second kappa shape index (κ2) is 5.74. The van der Waals surface area contributed by atoms with Gasteiger partial charge in [-0.1, -0.05) is 13.8 Å². The summed E-state index contributed by atoms with van der Waals surface area (Å²) in [5, 5.41) is 3.29. The van der Waals surface area contributed by atoms with Crippen LogP contribution in [-0.4, -0.2) is 25.6 Å². The summed E-state index contributed by atoms with van der Waals surface area (Å²) < 4.78 is 29.9. The smallest absolute Gasteiger partial charge is 0.242 e. The van der Waals surface area contributed by atoms with Crippen LogP contribution in [0.1, 0.15) is 51.3 Å². The molecular formula is C15H25N3O2S. The molecule has 2 N–H and O–H groups in total. The van der Waals surface area contributed by atoms with Crippen molar-refractivity contribution in [2.75, 3.05) is 6.54 Å². The molecule has 3 rings (SSSR count). The Balaban J connectivity index is 1.77. The summed E-state index contributed by atoms with van der Waals surface area (Å²) in [5.74, 6) is 0.637. The predicted octanol–water partition coefficient (Wildman–Crippen LogP) is 2.01. The summed E-state index contributed by atoms with van der Waals surface area (Å²) in [6.45, 7) is 5.82. The van der Waals surface area contributed by atoms with Gasteiger partial charge in [-0.3, -0.25) is 0 Å². The average Bonchev–Trinajstić information content (AvgIpc) is 3.14. The Labute approximate surface area is 127 Å². The topological polar surface area (TPSA) is 63.1 Å². The van der Waals surface area contributed by atoms with Gasteiger partial charge in [-0.15, -0.1) is 0 Å². The molecular weight excluding hydrogens is 286 g/mol. The second-order valence-electron chi connectivity index (χ2n) is 6.48. The average molecular weight is 311 g/mol. The van der Waals surface area contributed by atoms with E-state index >= 15 is 0 Å². The fourth-order valence-electron chi connectivity index (χ4n) is 3.02. The molecule has 1 aromatic heterocycles. The number of nitrogens with one attached hydrogen (secondary N) is 2. The summed E-state index contributed by atoms with van der Waals surface area (Å²) in [7, 11) is -3.37. The lowest BCUT2D eigenvalue weighted by Gasteiger charge is -2.32. The lowest BCUT2D eigenvalue weighted by Crippen LogP contribution is -2.43. The van der Waals surface area contributed by atoms with Gasteiger partial charge in [0, 0.05) is 30.5 Å². The van der Waals surface area contributed by atoms with Crippen LogP contribution in [0.25, 0.3) is 0 Å². The molecule has 2 fully saturated rings. The summed E-state index contributed by atoms with van der Waals surface area (Å²) in [5.41, 5.74) is 1.07. The van der Waals surface area contributed by atoms with Crippen molar-refractivity contribution in [3.63, 3.8) is 0 Å². The van der Waals surface area contributed by atoms with Crippen molar-refractivity contribution >= 4 is 10.0 Å². The molecule has 1 aromatic rings. The van der Waals surface area contributed by atoms with Crippen LogP contribution in [-0.2, 0) is 16.6 Å². The minimum absolute atomic E-state index is 0.117. The highest BCUT2D eigenvalue weighted by atomic mass is 32.2. The van der Waals surface area contributed by atoms with Crippen LogP contribution in [0.15, 0.2) is 17.2 Å². The summed E-state index contributed by atoms with van der Waals surface area (Å²) >= 11 is 0. The third-order valence-electron chi connectivity index (χ3n) is 4.41. The molecule has 0 aliphatic heterocycles. The zero-order chi connectivity index (χ0) is 15.0. The van der Waals surface area contributed by atoms with E-state index in [1.807, 2.05) is 12.3 Å². The maximum Gasteiger partial charge on any atom is 0.242 e. The number of aromatic nitrogens is 1. The van der Waals surface area contributed by atoms with Gasteiger partial charge in [0.2, 0.25) is 10.0 Å². The highest BCUT2D eigenvalue weighted by Crippen LogP contribution is 2.37. The molecule has 5 nitrogen and oxygen atoms in total. The molecule has 6 heteroatoms. The molecule has 0 saturated heterocycles. The third-order valence-corrected chi connectivity index (χ3v) is 5.90. The number of hydrogen-bond donors (Lipinski definition) is 2. The monoisotopic (exact) mass is 311 g/mol. The Bertz CT molecular complexity index is 598. The van der Waals surface area contributed by atoms with Gasteiger partial charge < -0.3 is 9.88 Å². The van der Waals surface area contributed by atoms with Crippen LogP contribution in [0.5, 0.6) is 0 Å². The van der Waals surface area contributed by atoms with Crippen LogP contribution in [0, 0.1) is 5.92 Å². The largest absolute Gasteiger partial charge is 0.346 e. The van der Waals surface area contributed by atoms with Crippen molar-refractivity contribution in [3.05, 3.63) is 18.0 Å². The van der Waals surface area contributed by atoms with Crippen LogP contribution in [0.3, 0.4) is 0 Å². The molecule has 21 heavy (non-hydrogen) atoms. The molecule has 1 heterocycles. The fourth-order valence-corrected chi connectivity index (χ4v) is 4.33. The Hall–Kier alpha value is -0.850. The Morgan fingerprint density at radius 2 is 2.05 bits per heavy atom. The van der Waals surface area contributed by atoms with Gasteiger partial charge in [0.25, 0.3) is 0 Å². The highest BCUT2D eigenvalue weighted by Gasteiger charge is 2.32. The molecule has 2 aliphatic rings. The first-order chi connectivity index (χ1) is 9.99. The second-order valence-corrected chi connectivity index (χ2v) is 8.19. The van der Waals surface area contributed by atoms with Crippen LogP contribution >= 0.6 is 0 Å². The van der Waals surface area contributed by atoms with E-state index in [1.165, 1.54) is 0 Å². The van der Waals surface area contributed by atoms with Crippen molar-refractivity contribution in [1.82, 2.24) is 14.6 Å². The van der Waals surface area contributed by atoms with E-state index in [0.717, 1.165) is 44.5 Å². The maximum atomic E-state index is 12.5. The molecule has 2 saturated carbocycles. The first-order valence-corrected chi connectivity index (χ1v) is 9.41. The van der Waals surface area contributed by atoms with Crippen LogP contribution in [0.2, 0.25) is 0 Å². The van der Waals surface area contributed by atoms with Crippen molar-refractivity contribution in [1.29, 1.82) is 0 Å². The van der Waals surface area contributed by atoms with Gasteiger partial charge in [-0.2, -0.15) is 0 Å². The van der Waals surface area contributed by atoms with Crippen LogP contribution in [0.4, 0.5) is 0 Å². The first kappa shape index (κ1) is 15.1. The SMILES string of the molecule is CCNCc1cc(S(=O)(=O)NC2CC(C)C2)cn1C1CC1. The molecule has 0 unspecified atom stereocenters. The molecule has 118 valence electrons. The highest BCUT2D eigenvalue weighted by molar-refractivity contribution is 7.89. The van der Waals surface area contributed by atoms with E-state index in [4.69, 9.17) is 0 Å². The summed E-state index contributed by atoms with van der Waals surface area (Å²) in [6, 6.07) is 2.43. The van der Waals surface area contributed by atoms with Crippen molar-refractivity contribution in [2.24, 2.45) is 5.92 Å². The molecule has 0 atom stereocenters. The number of nitrogens with zero attached hydrogens (tertiary/aromatic N) is 1. The molecule has 0 spiro atoms. The predicted molar refractivity (Wildman–Crippen MR) is 82.6 cm³/mol. The van der Waals surface area contributed by atoms with Crippen LogP contribution < -0.4 is 10.0 Å². The minimum Gasteiger partial charge on any atom is -0.346 e. The van der Waals surface area contributed by atoms with Crippen molar-refractivity contribution in [3.8, 4) is 0 Å². The van der Waals surface area contributed by atoms with E-state index in [0.29, 0.717) is 16.9 Å². The van der Waals surface area contributed by atoms with E-state index in [1.54, 1.807) is 0 Å². The number of rotatable bonds is 7. The van der Waals surface area contributed by atoms with Gasteiger partial charge in [0.15, 0.2) is 0 Å². The molecule has 0 radical (unpaired) electrons. The summed E-state index contributed by atoms with van der Waals surface area (Å²) in [4.78, 5) is 0.418. The fraction of sp³-hybridized carbons (Fsp3) is 0.733. The zero-order valence-corrected chi connectivity index (χ0v) is 13.6. The maximum absolute atomic E-state index is 12.5. The van der Waals surface area contributed by atoms with E-state index in [2.05, 4.69) is 28.5 Å². The van der Waals surface area contributed by atoms with E-state index in [-0.39, 0.29) is 6.04 Å². The molecule has 0 aromatic carbocycles. The van der Waals surface area contributed by atoms with Gasteiger partial charge in [-0.05, 0) is 44.2 Å². The Kier molecular flexibility index (Phi) is 4.12. The normalized spacial score (nSPS) is 25.8. The van der Waals surface area contributed by atoms with Crippen molar-refractivity contribution < 1.29 is 8.42 Å². The lowest BCUT2D eigenvalue weighted by atomic mass is 9.83. The van der Waals surface area contributed by atoms with E-state index in [9.17, 15) is 8.42 Å².